The normalized spacial score (nSPS) is 11.7. The van der Waals surface area contributed by atoms with Crippen LogP contribution in [0.2, 0.25) is 0 Å². The van der Waals surface area contributed by atoms with Gasteiger partial charge in [-0.15, -0.1) is 0 Å². The highest BCUT2D eigenvalue weighted by atomic mass is 16.4. The molecule has 0 atom stereocenters. The van der Waals surface area contributed by atoms with E-state index in [1.165, 1.54) is 63.6 Å². The first-order valence-electron chi connectivity index (χ1n) is 10.6. The Kier molecular flexibility index (Phi) is 5.76. The molecule has 0 aromatic heterocycles. The lowest BCUT2D eigenvalue weighted by Crippen LogP contribution is -2.21. The van der Waals surface area contributed by atoms with Gasteiger partial charge in [-0.25, -0.2) is 0 Å². The predicted molar refractivity (Wildman–Crippen MR) is 116 cm³/mol. The van der Waals surface area contributed by atoms with Crippen LogP contribution in [-0.2, 0) is 11.2 Å². The van der Waals surface area contributed by atoms with Crippen molar-refractivity contribution >= 4 is 38.3 Å². The highest BCUT2D eigenvalue weighted by molar-refractivity contribution is 6.23. The molecule has 4 rings (SSSR count). The Labute approximate surface area is 166 Å². The molecule has 0 amide bonds. The summed E-state index contributed by atoms with van der Waals surface area (Å²) in [5, 5.41) is 18.6. The van der Waals surface area contributed by atoms with Gasteiger partial charge < -0.3 is 9.90 Å². The molecule has 0 aliphatic rings. The zero-order valence-electron chi connectivity index (χ0n) is 16.4. The van der Waals surface area contributed by atoms with Gasteiger partial charge in [-0.3, -0.25) is 0 Å². The van der Waals surface area contributed by atoms with E-state index < -0.39 is 5.97 Å². The van der Waals surface area contributed by atoms with Crippen LogP contribution in [0.3, 0.4) is 0 Å². The van der Waals surface area contributed by atoms with Crippen molar-refractivity contribution in [3.63, 3.8) is 0 Å². The number of carbonyl (C=O) groups excluding carboxylic acids is 1. The summed E-state index contributed by atoms with van der Waals surface area (Å²) in [6, 6.07) is 20.2. The smallest absolute Gasteiger partial charge is 0.0414 e. The molecule has 0 aliphatic carbocycles. The van der Waals surface area contributed by atoms with E-state index in [9.17, 15) is 9.90 Å². The highest BCUT2D eigenvalue weighted by Crippen LogP contribution is 2.36. The molecule has 0 radical (unpaired) electrons. The fraction of sp³-hybridized carbons (Fsp3) is 0.346. The van der Waals surface area contributed by atoms with Gasteiger partial charge in [-0.2, -0.15) is 0 Å². The number of rotatable bonds is 10. The van der Waals surface area contributed by atoms with Crippen LogP contribution in [-0.4, -0.2) is 5.97 Å². The van der Waals surface area contributed by atoms with Crippen molar-refractivity contribution in [1.82, 2.24) is 0 Å². The molecule has 0 spiro atoms. The van der Waals surface area contributed by atoms with Gasteiger partial charge in [0.1, 0.15) is 0 Å². The van der Waals surface area contributed by atoms with Crippen LogP contribution < -0.4 is 5.11 Å². The number of aliphatic carboxylic acids is 1. The molecule has 0 heterocycles. The molecule has 2 heteroatoms. The molecular formula is C26H27O2-. The van der Waals surface area contributed by atoms with Crippen LogP contribution in [0, 0.1) is 0 Å². The molecule has 4 aromatic rings. The molecule has 144 valence electrons. The molecule has 28 heavy (non-hydrogen) atoms. The van der Waals surface area contributed by atoms with Gasteiger partial charge in [0.25, 0.3) is 0 Å². The van der Waals surface area contributed by atoms with Crippen molar-refractivity contribution < 1.29 is 9.90 Å². The number of unbranched alkanes of at least 4 members (excludes halogenated alkanes) is 6. The number of carbonyl (C=O) groups is 1. The second-order valence-electron chi connectivity index (χ2n) is 7.93. The first-order valence-corrected chi connectivity index (χ1v) is 10.6. The van der Waals surface area contributed by atoms with Crippen molar-refractivity contribution in [2.45, 2.75) is 57.8 Å². The Morgan fingerprint density at radius 1 is 0.643 bits per heavy atom. The molecule has 0 N–H and O–H groups in total. The van der Waals surface area contributed by atoms with Crippen LogP contribution in [0.1, 0.15) is 56.9 Å². The van der Waals surface area contributed by atoms with Crippen LogP contribution in [0.25, 0.3) is 32.3 Å². The monoisotopic (exact) mass is 371 g/mol. The topological polar surface area (TPSA) is 40.1 Å². The second kappa shape index (κ2) is 8.60. The fourth-order valence-electron chi connectivity index (χ4n) is 4.48. The Hall–Kier alpha value is -2.61. The SMILES string of the molecule is O=C([O-])CCCCCCCCCc1ccc2ccc3cccc4ccc1c2c34. The van der Waals surface area contributed by atoms with Gasteiger partial charge in [0, 0.05) is 5.97 Å². The minimum Gasteiger partial charge on any atom is -0.550 e. The van der Waals surface area contributed by atoms with E-state index >= 15 is 0 Å². The van der Waals surface area contributed by atoms with Gasteiger partial charge >= 0.3 is 0 Å². The van der Waals surface area contributed by atoms with Crippen molar-refractivity contribution in [2.24, 2.45) is 0 Å². The van der Waals surface area contributed by atoms with Gasteiger partial charge in [-0.05, 0) is 63.6 Å². The third kappa shape index (κ3) is 3.96. The van der Waals surface area contributed by atoms with E-state index in [2.05, 4.69) is 54.6 Å². The molecular weight excluding hydrogens is 344 g/mol. The number of carboxylic acids is 1. The minimum atomic E-state index is -0.923. The summed E-state index contributed by atoms with van der Waals surface area (Å²) in [4.78, 5) is 10.4. The van der Waals surface area contributed by atoms with E-state index in [0.717, 1.165) is 25.7 Å². The predicted octanol–water partition coefficient (Wildman–Crippen LogP) is 6.00. The maximum atomic E-state index is 10.4. The van der Waals surface area contributed by atoms with Gasteiger partial charge in [0.05, 0.1) is 0 Å². The minimum absolute atomic E-state index is 0.203. The summed E-state index contributed by atoms with van der Waals surface area (Å²) in [6.07, 6.45) is 9.10. The molecule has 0 unspecified atom stereocenters. The summed E-state index contributed by atoms with van der Waals surface area (Å²) in [6.45, 7) is 0. The second-order valence-corrected chi connectivity index (χ2v) is 7.93. The molecule has 0 fully saturated rings. The van der Waals surface area contributed by atoms with Gasteiger partial charge in [-0.1, -0.05) is 86.7 Å². The first kappa shape index (κ1) is 18.7. The fourth-order valence-corrected chi connectivity index (χ4v) is 4.48. The van der Waals surface area contributed by atoms with Crippen molar-refractivity contribution in [3.8, 4) is 0 Å². The third-order valence-corrected chi connectivity index (χ3v) is 5.95. The Bertz CT molecular complexity index is 1060. The Morgan fingerprint density at radius 2 is 1.21 bits per heavy atom. The van der Waals surface area contributed by atoms with Crippen LogP contribution in [0.5, 0.6) is 0 Å². The van der Waals surface area contributed by atoms with Gasteiger partial charge in [0.15, 0.2) is 0 Å². The van der Waals surface area contributed by atoms with E-state index in [-0.39, 0.29) is 6.42 Å². The highest BCUT2D eigenvalue weighted by Gasteiger charge is 2.10. The molecule has 2 nitrogen and oxygen atoms in total. The molecule has 0 aliphatic heterocycles. The average molecular weight is 372 g/mol. The Morgan fingerprint density at radius 3 is 1.93 bits per heavy atom. The molecule has 0 bridgehead atoms. The van der Waals surface area contributed by atoms with E-state index in [0.29, 0.717) is 0 Å². The lowest BCUT2D eigenvalue weighted by atomic mass is 9.90. The summed E-state index contributed by atoms with van der Waals surface area (Å²) < 4.78 is 0. The lowest BCUT2D eigenvalue weighted by Gasteiger charge is -2.14. The number of carboxylic acid groups (broad SMARTS) is 1. The average Bonchev–Trinajstić information content (AvgIpc) is 2.71. The molecule has 0 saturated heterocycles. The van der Waals surface area contributed by atoms with E-state index in [1.807, 2.05) is 0 Å². The lowest BCUT2D eigenvalue weighted by molar-refractivity contribution is -0.305. The van der Waals surface area contributed by atoms with E-state index in [1.54, 1.807) is 0 Å². The number of aryl methyl sites for hydroxylation is 1. The Balaban J connectivity index is 1.38. The van der Waals surface area contributed by atoms with Crippen molar-refractivity contribution in [3.05, 3.63) is 60.2 Å². The van der Waals surface area contributed by atoms with Crippen molar-refractivity contribution in [2.75, 3.05) is 0 Å². The number of hydrogen-bond acceptors (Lipinski definition) is 2. The van der Waals surface area contributed by atoms with Crippen LogP contribution in [0.4, 0.5) is 0 Å². The van der Waals surface area contributed by atoms with E-state index in [4.69, 9.17) is 0 Å². The molecule has 0 saturated carbocycles. The third-order valence-electron chi connectivity index (χ3n) is 5.95. The van der Waals surface area contributed by atoms with Gasteiger partial charge in [0.2, 0.25) is 0 Å². The summed E-state index contributed by atoms with van der Waals surface area (Å²) >= 11 is 0. The maximum Gasteiger partial charge on any atom is 0.0414 e. The summed E-state index contributed by atoms with van der Waals surface area (Å²) in [5.41, 5.74) is 1.46. The zero-order chi connectivity index (χ0) is 19.3. The molecule has 4 aromatic carbocycles. The number of hydrogen-bond donors (Lipinski definition) is 0. The maximum absolute atomic E-state index is 10.4. The first-order chi connectivity index (χ1) is 13.7. The largest absolute Gasteiger partial charge is 0.550 e. The quantitative estimate of drug-likeness (QED) is 0.253. The van der Waals surface area contributed by atoms with Crippen LogP contribution >= 0.6 is 0 Å². The zero-order valence-corrected chi connectivity index (χ0v) is 16.4. The summed E-state index contributed by atoms with van der Waals surface area (Å²) in [5.74, 6) is -0.923. The standard InChI is InChI=1S/C26H28O2/c27-24(28)12-7-5-3-1-2-4-6-9-19-13-14-22-16-15-20-10-8-11-21-17-18-23(19)26(22)25(20)21/h8,10-11,13-18H,1-7,9,12H2,(H,27,28)/p-1. The summed E-state index contributed by atoms with van der Waals surface area (Å²) in [7, 11) is 0. The van der Waals surface area contributed by atoms with Crippen molar-refractivity contribution in [1.29, 1.82) is 0 Å². The number of benzene rings is 4. The van der Waals surface area contributed by atoms with Crippen LogP contribution in [0.15, 0.2) is 54.6 Å².